The van der Waals surface area contributed by atoms with Crippen molar-refractivity contribution in [3.8, 4) is 0 Å². The molecule has 0 saturated heterocycles. The third kappa shape index (κ3) is 5.33. The van der Waals surface area contributed by atoms with Crippen LogP contribution in [0.2, 0.25) is 0 Å². The van der Waals surface area contributed by atoms with E-state index < -0.39 is 23.5 Å². The summed E-state index contributed by atoms with van der Waals surface area (Å²) in [6.07, 6.45) is 0.796. The van der Waals surface area contributed by atoms with Crippen molar-refractivity contribution in [1.29, 1.82) is 0 Å². The largest absolute Gasteiger partial charge is 0.503 e. The van der Waals surface area contributed by atoms with Gasteiger partial charge in [0.25, 0.3) is 5.91 Å². The number of amides is 2. The molecule has 1 N–H and O–H groups in total. The van der Waals surface area contributed by atoms with Crippen molar-refractivity contribution in [2.45, 2.75) is 6.92 Å². The van der Waals surface area contributed by atoms with E-state index in [1.165, 1.54) is 26.0 Å². The predicted molar refractivity (Wildman–Crippen MR) is 63.7 cm³/mol. The standard InChI is InChI=1S/C11H18N2O5/c1-5-18-10(16)7-13(4)11(17)8(14)6-9(15)12(2)3/h6,14H,5,7H2,1-4H3. The average molecular weight is 258 g/mol. The third-order valence-electron chi connectivity index (χ3n) is 1.94. The number of carbonyl (C=O) groups excluding carboxylic acids is 3. The maximum atomic E-state index is 11.6. The molecule has 0 rings (SSSR count). The number of aliphatic hydroxyl groups is 1. The average Bonchev–Trinajstić information content (AvgIpc) is 2.27. The fourth-order valence-electron chi connectivity index (χ4n) is 0.975. The zero-order valence-corrected chi connectivity index (χ0v) is 11.0. The molecule has 0 aromatic rings. The molecule has 0 saturated carbocycles. The van der Waals surface area contributed by atoms with E-state index >= 15 is 0 Å². The predicted octanol–water partition coefficient (Wildman–Crippen LogP) is -0.462. The van der Waals surface area contributed by atoms with E-state index in [1.807, 2.05) is 0 Å². The van der Waals surface area contributed by atoms with Crippen molar-refractivity contribution in [2.24, 2.45) is 0 Å². The lowest BCUT2D eigenvalue weighted by molar-refractivity contribution is -0.147. The summed E-state index contributed by atoms with van der Waals surface area (Å²) in [5.41, 5.74) is 0. The van der Waals surface area contributed by atoms with Crippen LogP contribution in [0, 0.1) is 0 Å². The summed E-state index contributed by atoms with van der Waals surface area (Å²) >= 11 is 0. The van der Waals surface area contributed by atoms with E-state index in [4.69, 9.17) is 0 Å². The molecular weight excluding hydrogens is 240 g/mol. The molecular formula is C11H18N2O5. The fraction of sp³-hybridized carbons (Fsp3) is 0.545. The van der Waals surface area contributed by atoms with Crippen LogP contribution in [0.25, 0.3) is 0 Å². The summed E-state index contributed by atoms with van der Waals surface area (Å²) in [6.45, 7) is 1.56. The number of hydrogen-bond donors (Lipinski definition) is 1. The number of ether oxygens (including phenoxy) is 1. The van der Waals surface area contributed by atoms with Gasteiger partial charge in [-0.15, -0.1) is 0 Å². The zero-order chi connectivity index (χ0) is 14.3. The van der Waals surface area contributed by atoms with Crippen LogP contribution in [-0.4, -0.2) is 67.0 Å². The number of likely N-dealkylation sites (N-methyl/N-ethyl adjacent to an activating group) is 2. The summed E-state index contributed by atoms with van der Waals surface area (Å²) in [5.74, 6) is -2.65. The number of esters is 1. The minimum absolute atomic E-state index is 0.210. The first-order valence-corrected chi connectivity index (χ1v) is 5.32. The normalized spacial score (nSPS) is 10.8. The molecule has 0 bridgehead atoms. The van der Waals surface area contributed by atoms with Crippen molar-refractivity contribution < 1.29 is 24.2 Å². The second-order valence-electron chi connectivity index (χ2n) is 3.73. The van der Waals surface area contributed by atoms with Gasteiger partial charge >= 0.3 is 5.97 Å². The summed E-state index contributed by atoms with van der Waals surface area (Å²) in [4.78, 5) is 36.1. The van der Waals surface area contributed by atoms with Crippen LogP contribution in [0.4, 0.5) is 0 Å². The SMILES string of the molecule is CCOC(=O)CN(C)C(=O)C(O)=CC(=O)N(C)C. The first-order valence-electron chi connectivity index (χ1n) is 5.32. The Kier molecular flexibility index (Phi) is 6.48. The van der Waals surface area contributed by atoms with E-state index in [2.05, 4.69) is 4.74 Å². The monoisotopic (exact) mass is 258 g/mol. The topological polar surface area (TPSA) is 87.1 Å². The van der Waals surface area contributed by atoms with Crippen molar-refractivity contribution in [3.63, 3.8) is 0 Å². The number of rotatable bonds is 5. The molecule has 0 aliphatic rings. The molecule has 102 valence electrons. The summed E-state index contributed by atoms with van der Waals surface area (Å²) in [7, 11) is 4.29. The van der Waals surface area contributed by atoms with Gasteiger partial charge in [-0.05, 0) is 6.92 Å². The molecule has 0 spiro atoms. The van der Waals surface area contributed by atoms with Crippen LogP contribution in [0.5, 0.6) is 0 Å². The highest BCUT2D eigenvalue weighted by atomic mass is 16.5. The first-order chi connectivity index (χ1) is 8.29. The van der Waals surface area contributed by atoms with Crippen LogP contribution < -0.4 is 0 Å². The zero-order valence-electron chi connectivity index (χ0n) is 11.0. The summed E-state index contributed by atoms with van der Waals surface area (Å²) in [6, 6.07) is 0. The van der Waals surface area contributed by atoms with Gasteiger partial charge in [0, 0.05) is 21.1 Å². The molecule has 7 heteroatoms. The number of nitrogens with zero attached hydrogens (tertiary/aromatic N) is 2. The molecule has 0 aromatic carbocycles. The second kappa shape index (κ2) is 7.31. The van der Waals surface area contributed by atoms with Gasteiger partial charge in [0.2, 0.25) is 5.91 Å². The van der Waals surface area contributed by atoms with Crippen LogP contribution in [0.15, 0.2) is 11.8 Å². The number of hydrogen-bond acceptors (Lipinski definition) is 5. The van der Waals surface area contributed by atoms with Crippen LogP contribution in [0.1, 0.15) is 6.92 Å². The molecule has 0 atom stereocenters. The maximum Gasteiger partial charge on any atom is 0.325 e. The van der Waals surface area contributed by atoms with Crippen molar-refractivity contribution >= 4 is 17.8 Å². The Morgan fingerprint density at radius 3 is 2.22 bits per heavy atom. The molecule has 0 aliphatic carbocycles. The van der Waals surface area contributed by atoms with Gasteiger partial charge < -0.3 is 19.6 Å². The Labute approximate surface area is 106 Å². The maximum absolute atomic E-state index is 11.6. The van der Waals surface area contributed by atoms with E-state index in [0.29, 0.717) is 0 Å². The highest BCUT2D eigenvalue weighted by molar-refractivity contribution is 5.99. The summed E-state index contributed by atoms with van der Waals surface area (Å²) in [5, 5.41) is 9.42. The molecule has 0 heterocycles. The van der Waals surface area contributed by atoms with Crippen molar-refractivity contribution in [3.05, 3.63) is 11.8 Å². The van der Waals surface area contributed by atoms with Gasteiger partial charge in [-0.1, -0.05) is 0 Å². The fourth-order valence-corrected chi connectivity index (χ4v) is 0.975. The smallest absolute Gasteiger partial charge is 0.325 e. The molecule has 0 aromatic heterocycles. The Balaban J connectivity index is 4.55. The number of carbonyl (C=O) groups is 3. The first kappa shape index (κ1) is 16.0. The van der Waals surface area contributed by atoms with Gasteiger partial charge in [-0.3, -0.25) is 14.4 Å². The Morgan fingerprint density at radius 1 is 1.22 bits per heavy atom. The Hall–Kier alpha value is -2.05. The minimum atomic E-state index is -0.821. The third-order valence-corrected chi connectivity index (χ3v) is 1.94. The highest BCUT2D eigenvalue weighted by Gasteiger charge is 2.18. The Bertz CT molecular complexity index is 362. The van der Waals surface area contributed by atoms with Crippen LogP contribution in [-0.2, 0) is 19.1 Å². The molecule has 0 radical (unpaired) electrons. The lowest BCUT2D eigenvalue weighted by Crippen LogP contribution is -2.34. The van der Waals surface area contributed by atoms with Gasteiger partial charge in [0.15, 0.2) is 5.76 Å². The number of aliphatic hydroxyl groups excluding tert-OH is 1. The van der Waals surface area contributed by atoms with Gasteiger partial charge in [-0.25, -0.2) is 0 Å². The molecule has 0 aliphatic heterocycles. The van der Waals surface area contributed by atoms with E-state index in [1.54, 1.807) is 6.92 Å². The van der Waals surface area contributed by atoms with Gasteiger partial charge in [-0.2, -0.15) is 0 Å². The molecule has 0 unspecified atom stereocenters. The highest BCUT2D eigenvalue weighted by Crippen LogP contribution is 1.98. The van der Waals surface area contributed by atoms with E-state index in [9.17, 15) is 19.5 Å². The molecule has 18 heavy (non-hydrogen) atoms. The van der Waals surface area contributed by atoms with Crippen LogP contribution in [0.3, 0.4) is 0 Å². The second-order valence-corrected chi connectivity index (χ2v) is 3.73. The molecule has 7 nitrogen and oxygen atoms in total. The molecule has 0 fully saturated rings. The van der Waals surface area contributed by atoms with E-state index in [-0.39, 0.29) is 13.2 Å². The lowest BCUT2D eigenvalue weighted by Gasteiger charge is -2.15. The quantitative estimate of drug-likeness (QED) is 0.409. The van der Waals surface area contributed by atoms with Gasteiger partial charge in [0.1, 0.15) is 6.54 Å². The van der Waals surface area contributed by atoms with Crippen molar-refractivity contribution in [1.82, 2.24) is 9.80 Å². The van der Waals surface area contributed by atoms with E-state index in [0.717, 1.165) is 11.0 Å². The van der Waals surface area contributed by atoms with Crippen LogP contribution >= 0.6 is 0 Å². The lowest BCUT2D eigenvalue weighted by atomic mass is 10.3. The minimum Gasteiger partial charge on any atom is -0.503 e. The van der Waals surface area contributed by atoms with Gasteiger partial charge in [0.05, 0.1) is 12.7 Å². The Morgan fingerprint density at radius 2 is 1.78 bits per heavy atom. The van der Waals surface area contributed by atoms with Crippen molar-refractivity contribution in [2.75, 3.05) is 34.3 Å². The molecule has 2 amide bonds. The summed E-state index contributed by atoms with van der Waals surface area (Å²) < 4.78 is 4.65.